The number of pyridine rings is 1. The number of halogens is 3. The van der Waals surface area contributed by atoms with Crippen molar-refractivity contribution < 1.29 is 27.4 Å². The number of alkyl halides is 3. The van der Waals surface area contributed by atoms with Gasteiger partial charge in [0.1, 0.15) is 23.5 Å². The Morgan fingerprint density at radius 3 is 2.85 bits per heavy atom. The molecule has 4 heterocycles. The predicted octanol–water partition coefficient (Wildman–Crippen LogP) is 4.53. The van der Waals surface area contributed by atoms with Crippen molar-refractivity contribution in [3.63, 3.8) is 0 Å². The van der Waals surface area contributed by atoms with Crippen LogP contribution in [0.2, 0.25) is 0 Å². The van der Waals surface area contributed by atoms with Crippen LogP contribution >= 0.6 is 0 Å². The van der Waals surface area contributed by atoms with Crippen LogP contribution in [0.15, 0.2) is 40.7 Å². The first kappa shape index (κ1) is 29.1. The van der Waals surface area contributed by atoms with Crippen LogP contribution in [-0.4, -0.2) is 73.3 Å². The van der Waals surface area contributed by atoms with Crippen LogP contribution in [-0.2, 0) is 27.1 Å². The van der Waals surface area contributed by atoms with Crippen LogP contribution in [0.25, 0.3) is 0 Å². The smallest absolute Gasteiger partial charge is 0.418 e. The molecule has 39 heavy (non-hydrogen) atoms. The lowest BCUT2D eigenvalue weighted by atomic mass is 10.1. The van der Waals surface area contributed by atoms with E-state index in [4.69, 9.17) is 14.5 Å². The van der Waals surface area contributed by atoms with Crippen molar-refractivity contribution in [2.75, 3.05) is 38.6 Å². The van der Waals surface area contributed by atoms with Gasteiger partial charge in [0.05, 0.1) is 11.7 Å². The standard InChI is InChI=1S/C28H38F3N5O3/c1-19(38-2)18-36(14-4-3-7-22-9-8-20-6-5-13-32-26(20)34-22)15-12-24-27(37)39-23-10-11-25(35-24)33-17-21(16-23)28(29,30)31/h8-9,16-17,19,24H,3-7,10-15,18H2,1-2H3,(H,32,34)(H,33,35)/b21-17+,23-16-/t19-,24+/m1/s1. The van der Waals surface area contributed by atoms with Gasteiger partial charge < -0.3 is 25.0 Å². The number of amidine groups is 1. The molecule has 11 heteroatoms. The maximum atomic E-state index is 13.3. The number of aromatic nitrogens is 1. The number of carbonyl (C=O) groups is 1. The van der Waals surface area contributed by atoms with Gasteiger partial charge in [-0.15, -0.1) is 0 Å². The molecule has 1 saturated heterocycles. The summed E-state index contributed by atoms with van der Waals surface area (Å²) >= 11 is 0. The first-order chi connectivity index (χ1) is 18.7. The first-order valence-electron chi connectivity index (χ1n) is 13.7. The van der Waals surface area contributed by atoms with Gasteiger partial charge >= 0.3 is 12.1 Å². The second-order valence-corrected chi connectivity index (χ2v) is 10.3. The van der Waals surface area contributed by atoms with Crippen LogP contribution < -0.4 is 10.6 Å². The van der Waals surface area contributed by atoms with Gasteiger partial charge in [0.2, 0.25) is 0 Å². The van der Waals surface area contributed by atoms with Gasteiger partial charge in [-0.3, -0.25) is 0 Å². The van der Waals surface area contributed by atoms with Gasteiger partial charge in [0.25, 0.3) is 0 Å². The number of aliphatic imine (C=N–C) groups is 1. The summed E-state index contributed by atoms with van der Waals surface area (Å²) in [7, 11) is 1.67. The third-order valence-electron chi connectivity index (χ3n) is 7.23. The van der Waals surface area contributed by atoms with E-state index in [1.165, 1.54) is 5.56 Å². The van der Waals surface area contributed by atoms with Crippen molar-refractivity contribution >= 4 is 17.6 Å². The zero-order chi connectivity index (χ0) is 27.8. The van der Waals surface area contributed by atoms with Crippen molar-refractivity contribution in [3.05, 3.63) is 47.0 Å². The van der Waals surface area contributed by atoms with Gasteiger partial charge in [0.15, 0.2) is 0 Å². The number of allylic oxidation sites excluding steroid dienone is 3. The molecule has 8 nitrogen and oxygen atoms in total. The van der Waals surface area contributed by atoms with Crippen LogP contribution in [0.3, 0.4) is 0 Å². The molecule has 2 atom stereocenters. The lowest BCUT2D eigenvalue weighted by Gasteiger charge is -2.29. The number of rotatable bonds is 11. The first-order valence-corrected chi connectivity index (χ1v) is 13.7. The summed E-state index contributed by atoms with van der Waals surface area (Å²) in [5.74, 6) is 0.786. The number of ether oxygens (including phenoxy) is 2. The number of nitrogens with one attached hydrogen (secondary N) is 2. The van der Waals surface area contributed by atoms with E-state index in [9.17, 15) is 18.0 Å². The summed E-state index contributed by atoms with van der Waals surface area (Å²) in [5.41, 5.74) is 1.43. The Balaban J connectivity index is 1.33. The normalized spacial score (nSPS) is 24.2. The highest BCUT2D eigenvalue weighted by Gasteiger charge is 2.35. The number of esters is 1. The molecular formula is C28H38F3N5O3. The summed E-state index contributed by atoms with van der Waals surface area (Å²) in [5, 5.41) is 6.42. The summed E-state index contributed by atoms with van der Waals surface area (Å²) in [6.45, 7) is 5.08. The number of aryl methyl sites for hydroxylation is 2. The van der Waals surface area contributed by atoms with E-state index < -0.39 is 23.8 Å². The highest BCUT2D eigenvalue weighted by atomic mass is 19.4. The van der Waals surface area contributed by atoms with Gasteiger partial charge in [-0.1, -0.05) is 6.07 Å². The molecule has 0 unspecified atom stereocenters. The predicted molar refractivity (Wildman–Crippen MR) is 143 cm³/mol. The van der Waals surface area contributed by atoms with Crippen molar-refractivity contribution in [1.82, 2.24) is 15.2 Å². The summed E-state index contributed by atoms with van der Waals surface area (Å²) in [6, 6.07) is 3.58. The van der Waals surface area contributed by atoms with E-state index in [1.54, 1.807) is 7.11 Å². The molecule has 0 aromatic carbocycles. The quantitative estimate of drug-likeness (QED) is 0.310. The molecule has 2 bridgehead atoms. The van der Waals surface area contributed by atoms with Crippen LogP contribution in [0.1, 0.15) is 56.7 Å². The monoisotopic (exact) mass is 549 g/mol. The Morgan fingerprint density at radius 1 is 1.21 bits per heavy atom. The van der Waals surface area contributed by atoms with Crippen LogP contribution in [0, 0.1) is 0 Å². The van der Waals surface area contributed by atoms with E-state index in [-0.39, 0.29) is 18.3 Å². The number of nitrogens with zero attached hydrogens (tertiary/aromatic N) is 3. The Labute approximate surface area is 227 Å². The van der Waals surface area contributed by atoms with Gasteiger partial charge in [-0.2, -0.15) is 13.2 Å². The highest BCUT2D eigenvalue weighted by Crippen LogP contribution is 2.30. The fourth-order valence-electron chi connectivity index (χ4n) is 4.93. The van der Waals surface area contributed by atoms with E-state index in [2.05, 4.69) is 32.7 Å². The summed E-state index contributed by atoms with van der Waals surface area (Å²) in [6.07, 6.45) is 3.10. The molecule has 3 aliphatic rings. The molecule has 3 aliphatic heterocycles. The molecule has 1 aromatic heterocycles. The molecule has 0 radical (unpaired) electrons. The summed E-state index contributed by atoms with van der Waals surface area (Å²) < 4.78 is 50.6. The van der Waals surface area contributed by atoms with E-state index >= 15 is 0 Å². The van der Waals surface area contributed by atoms with Crippen molar-refractivity contribution in [3.8, 4) is 0 Å². The number of hydrogen-bond acceptors (Lipinski definition) is 8. The van der Waals surface area contributed by atoms with Gasteiger partial charge in [0, 0.05) is 51.5 Å². The second kappa shape index (κ2) is 13.4. The largest absolute Gasteiger partial charge is 0.430 e. The second-order valence-electron chi connectivity index (χ2n) is 10.3. The molecule has 2 N–H and O–H groups in total. The number of hydrogen-bond donors (Lipinski definition) is 2. The van der Waals surface area contributed by atoms with Crippen molar-refractivity contribution in [2.24, 2.45) is 4.99 Å². The van der Waals surface area contributed by atoms with Gasteiger partial charge in [-0.05, 0) is 69.7 Å². The molecule has 0 spiro atoms. The highest BCUT2D eigenvalue weighted by molar-refractivity contribution is 5.89. The SMILES string of the molecule is CO[C@H](C)CN(CCCCc1ccc2c(n1)NCCC2)CC[C@@H]1N/C2=N/C=C(C(F)(F)F)\C=C(\CC2)OC1=O. The molecule has 4 rings (SSSR count). The van der Waals surface area contributed by atoms with Crippen LogP contribution in [0.5, 0.6) is 0 Å². The molecule has 0 amide bonds. The average Bonchev–Trinajstić information content (AvgIpc) is 2.89. The Morgan fingerprint density at radius 2 is 2.05 bits per heavy atom. The number of methoxy groups -OCH3 is 1. The maximum absolute atomic E-state index is 13.3. The average molecular weight is 550 g/mol. The Kier molecular flexibility index (Phi) is 10.0. The zero-order valence-corrected chi connectivity index (χ0v) is 22.6. The number of anilines is 1. The molecular weight excluding hydrogens is 511 g/mol. The fourth-order valence-corrected chi connectivity index (χ4v) is 4.93. The summed E-state index contributed by atoms with van der Waals surface area (Å²) in [4.78, 5) is 23.9. The van der Waals surface area contributed by atoms with Gasteiger partial charge in [-0.25, -0.2) is 14.8 Å². The Bertz CT molecular complexity index is 1100. The fraction of sp³-hybridized carbons (Fsp3) is 0.607. The number of unbranched alkanes of at least 4 members (excludes halogenated alkanes) is 1. The molecule has 0 saturated carbocycles. The zero-order valence-electron chi connectivity index (χ0n) is 22.6. The van der Waals surface area contributed by atoms with E-state index in [0.29, 0.717) is 31.8 Å². The minimum absolute atomic E-state index is 0.0123. The Hall–Kier alpha value is -2.92. The molecule has 1 fully saturated rings. The third kappa shape index (κ3) is 8.53. The third-order valence-corrected chi connectivity index (χ3v) is 7.23. The lowest BCUT2D eigenvalue weighted by molar-refractivity contribution is -0.142. The topological polar surface area (TPSA) is 88.1 Å². The molecule has 1 aromatic rings. The van der Waals surface area contributed by atoms with E-state index in [0.717, 1.165) is 69.0 Å². The maximum Gasteiger partial charge on any atom is 0.418 e. The number of carbonyl (C=O) groups excluding carboxylic acids is 1. The number of fused-ring (bicyclic) bond motifs is 4. The lowest BCUT2D eigenvalue weighted by Crippen LogP contribution is -2.46. The van der Waals surface area contributed by atoms with Crippen molar-refractivity contribution in [2.45, 2.75) is 76.6 Å². The van der Waals surface area contributed by atoms with Crippen LogP contribution in [0.4, 0.5) is 19.0 Å². The molecule has 0 aliphatic carbocycles. The minimum Gasteiger partial charge on any atom is -0.430 e. The molecule has 214 valence electrons. The van der Waals surface area contributed by atoms with Crippen molar-refractivity contribution in [1.29, 1.82) is 0 Å². The van der Waals surface area contributed by atoms with E-state index in [1.807, 2.05) is 6.92 Å². The minimum atomic E-state index is -4.58.